The van der Waals surface area contributed by atoms with Crippen LogP contribution in [0.15, 0.2) is 23.5 Å². The minimum atomic E-state index is -1.11. The van der Waals surface area contributed by atoms with Crippen LogP contribution in [0.25, 0.3) is 0 Å². The zero-order valence-corrected chi connectivity index (χ0v) is 12.1. The molecule has 19 heavy (non-hydrogen) atoms. The molecule has 0 aromatic heterocycles. The molecular formula is C13H21NO4S. The maximum atomic E-state index is 11.3. The molecule has 0 aliphatic heterocycles. The van der Waals surface area contributed by atoms with Gasteiger partial charge in [0, 0.05) is 0 Å². The molecule has 0 heterocycles. The molecule has 2 unspecified atom stereocenters. The van der Waals surface area contributed by atoms with Crippen LogP contribution in [0.3, 0.4) is 0 Å². The quantitative estimate of drug-likeness (QED) is 0.435. The third-order valence-corrected chi connectivity index (χ3v) is 3.80. The summed E-state index contributed by atoms with van der Waals surface area (Å²) in [7, 11) is 0.335. The first-order chi connectivity index (χ1) is 9.08. The van der Waals surface area contributed by atoms with Gasteiger partial charge in [-0.2, -0.15) is 0 Å². The fraction of sp³-hybridized carbons (Fsp3) is 0.692. The fourth-order valence-corrected chi connectivity index (χ4v) is 2.57. The SMILES string of the molecule is COC(O)C1=CC(N[S-](C)#[O+])CC(OCC2CC2)=C1. The summed E-state index contributed by atoms with van der Waals surface area (Å²) in [4.78, 5) is 0. The maximum absolute atomic E-state index is 11.3. The molecule has 5 nitrogen and oxygen atoms in total. The Morgan fingerprint density at radius 2 is 2.32 bits per heavy atom. The van der Waals surface area contributed by atoms with E-state index in [4.69, 9.17) is 9.47 Å². The molecule has 6 heteroatoms. The van der Waals surface area contributed by atoms with Gasteiger partial charge in [-0.15, -0.1) is 0 Å². The van der Waals surface area contributed by atoms with Crippen molar-refractivity contribution in [1.29, 1.82) is 0 Å². The molecule has 2 rings (SSSR count). The molecular weight excluding hydrogens is 266 g/mol. The van der Waals surface area contributed by atoms with Crippen LogP contribution < -0.4 is 4.72 Å². The Balaban J connectivity index is 2.02. The van der Waals surface area contributed by atoms with Crippen LogP contribution in [0.1, 0.15) is 19.3 Å². The molecule has 0 saturated heterocycles. The minimum absolute atomic E-state index is 0.107. The summed E-state index contributed by atoms with van der Waals surface area (Å²) in [6.07, 6.45) is 7.37. The van der Waals surface area contributed by atoms with Crippen molar-refractivity contribution in [2.75, 3.05) is 20.0 Å². The van der Waals surface area contributed by atoms with E-state index in [1.807, 2.05) is 12.2 Å². The molecule has 0 bridgehead atoms. The Hall–Kier alpha value is -0.530. The molecule has 0 aromatic rings. The van der Waals surface area contributed by atoms with Gasteiger partial charge in [0.15, 0.2) is 0 Å². The summed E-state index contributed by atoms with van der Waals surface area (Å²) in [5, 5.41) is 9.75. The van der Waals surface area contributed by atoms with Crippen LogP contribution in [-0.2, 0) is 24.3 Å². The van der Waals surface area contributed by atoms with Crippen molar-refractivity contribution in [2.24, 2.45) is 5.92 Å². The molecule has 0 spiro atoms. The summed E-state index contributed by atoms with van der Waals surface area (Å²) in [5.41, 5.74) is 0.641. The summed E-state index contributed by atoms with van der Waals surface area (Å²) in [6, 6.07) is -0.107. The van der Waals surface area contributed by atoms with Crippen molar-refractivity contribution < 1.29 is 18.6 Å². The van der Waals surface area contributed by atoms with Gasteiger partial charge in [-0.25, -0.2) is 0 Å². The standard InChI is InChI=1S/C13H21NO4S/c1-17-13(15)10-5-11(14-19(2)16)7-12(6-10)18-8-9-3-4-9/h5-6,9,11,13-15H,3-4,7-8H2,1-2H3. The Kier molecular flexibility index (Phi) is 5.29. The van der Waals surface area contributed by atoms with Gasteiger partial charge in [0.1, 0.15) is 0 Å². The zero-order chi connectivity index (χ0) is 13.8. The van der Waals surface area contributed by atoms with Crippen LogP contribution in [-0.4, -0.2) is 37.4 Å². The van der Waals surface area contributed by atoms with E-state index in [9.17, 15) is 9.15 Å². The molecule has 0 radical (unpaired) electrons. The molecule has 0 aromatic carbocycles. The van der Waals surface area contributed by atoms with E-state index in [-0.39, 0.29) is 6.04 Å². The molecule has 108 valence electrons. The van der Waals surface area contributed by atoms with Crippen molar-refractivity contribution in [3.05, 3.63) is 23.5 Å². The van der Waals surface area contributed by atoms with Crippen molar-refractivity contribution in [2.45, 2.75) is 31.6 Å². The average molecular weight is 287 g/mol. The van der Waals surface area contributed by atoms with Crippen LogP contribution in [0, 0.1) is 5.92 Å². The number of hydrogen-bond donors (Lipinski definition) is 2. The molecule has 1 saturated carbocycles. The van der Waals surface area contributed by atoms with Gasteiger partial charge in [0.2, 0.25) is 0 Å². The van der Waals surface area contributed by atoms with Gasteiger partial charge in [-0.3, -0.25) is 0 Å². The Morgan fingerprint density at radius 1 is 1.58 bits per heavy atom. The number of aliphatic hydroxyl groups is 1. The van der Waals surface area contributed by atoms with Gasteiger partial charge < -0.3 is 0 Å². The summed E-state index contributed by atoms with van der Waals surface area (Å²) in [6.45, 7) is 0.726. The first-order valence-corrected chi connectivity index (χ1v) is 8.00. The molecule has 2 aliphatic rings. The van der Waals surface area contributed by atoms with E-state index in [1.165, 1.54) is 20.0 Å². The summed E-state index contributed by atoms with van der Waals surface area (Å²) < 4.78 is 24.9. The van der Waals surface area contributed by atoms with Crippen LogP contribution in [0.4, 0.5) is 0 Å². The van der Waals surface area contributed by atoms with Gasteiger partial charge in [-0.1, -0.05) is 0 Å². The van der Waals surface area contributed by atoms with Crippen molar-refractivity contribution in [3.63, 3.8) is 0 Å². The molecule has 2 N–H and O–H groups in total. The van der Waals surface area contributed by atoms with E-state index < -0.39 is 17.1 Å². The van der Waals surface area contributed by atoms with Gasteiger partial charge >= 0.3 is 115 Å². The Labute approximate surface area is 115 Å². The zero-order valence-electron chi connectivity index (χ0n) is 11.3. The Bertz CT molecular complexity index is 447. The van der Waals surface area contributed by atoms with E-state index in [1.54, 1.807) is 6.26 Å². The van der Waals surface area contributed by atoms with Crippen LogP contribution in [0.5, 0.6) is 0 Å². The first-order valence-electron chi connectivity index (χ1n) is 6.44. The van der Waals surface area contributed by atoms with Crippen LogP contribution in [0.2, 0.25) is 0 Å². The topological polar surface area (TPSA) is 70.6 Å². The van der Waals surface area contributed by atoms with Crippen molar-refractivity contribution in [3.8, 4) is 0 Å². The number of rotatable bonds is 6. The monoisotopic (exact) mass is 287 g/mol. The van der Waals surface area contributed by atoms with Crippen molar-refractivity contribution >= 4 is 10.8 Å². The number of nitrogens with one attached hydrogen (secondary N) is 1. The second-order valence-electron chi connectivity index (χ2n) is 5.00. The summed E-state index contributed by atoms with van der Waals surface area (Å²) in [5.74, 6) is 1.48. The second kappa shape index (κ2) is 6.76. The Morgan fingerprint density at radius 3 is 2.89 bits per heavy atom. The van der Waals surface area contributed by atoms with E-state index in [0.717, 1.165) is 12.4 Å². The van der Waals surface area contributed by atoms with Gasteiger partial charge in [0.05, 0.1) is 0 Å². The normalized spacial score (nSPS) is 24.9. The van der Waals surface area contributed by atoms with E-state index in [0.29, 0.717) is 17.9 Å². The second-order valence-corrected chi connectivity index (χ2v) is 6.15. The first kappa shape index (κ1) is 14.9. The van der Waals surface area contributed by atoms with Gasteiger partial charge in [0.25, 0.3) is 0 Å². The fourth-order valence-electron chi connectivity index (χ4n) is 1.99. The third kappa shape index (κ3) is 4.81. The average Bonchev–Trinajstić information content (AvgIpc) is 3.18. The molecule has 2 atom stereocenters. The number of aliphatic hydroxyl groups excluding tert-OH is 1. The third-order valence-electron chi connectivity index (χ3n) is 3.17. The predicted octanol–water partition coefficient (Wildman–Crippen LogP) is 1.06. The van der Waals surface area contributed by atoms with Crippen LogP contribution >= 0.6 is 0 Å². The molecule has 2 aliphatic carbocycles. The van der Waals surface area contributed by atoms with Gasteiger partial charge in [-0.05, 0) is 0 Å². The predicted molar refractivity (Wildman–Crippen MR) is 73.4 cm³/mol. The number of ether oxygens (including phenoxy) is 2. The number of methoxy groups -OCH3 is 1. The van der Waals surface area contributed by atoms with E-state index >= 15 is 0 Å². The van der Waals surface area contributed by atoms with E-state index in [2.05, 4.69) is 4.72 Å². The van der Waals surface area contributed by atoms with Crippen molar-refractivity contribution in [1.82, 2.24) is 4.72 Å². The molecule has 1 fully saturated rings. The number of hydrogen-bond acceptors (Lipinski definition) is 5. The summed E-state index contributed by atoms with van der Waals surface area (Å²) >= 11 is 0. The molecule has 0 amide bonds.